The van der Waals surface area contributed by atoms with Crippen LogP contribution in [0.25, 0.3) is 0 Å². The molecule has 3 heterocycles. The number of aromatic nitrogens is 6. The number of ether oxygens (including phenoxy) is 1. The summed E-state index contributed by atoms with van der Waals surface area (Å²) in [6, 6.07) is 1.91. The van der Waals surface area contributed by atoms with Gasteiger partial charge in [0.2, 0.25) is 11.8 Å². The normalized spacial score (nSPS) is 15.8. The fraction of sp³-hybridized carbons (Fsp3) is 0.333. The van der Waals surface area contributed by atoms with Crippen LogP contribution in [0.2, 0.25) is 0 Å². The number of tetrazole rings is 1. The Morgan fingerprint density at radius 3 is 2.93 bits per heavy atom. The highest BCUT2D eigenvalue weighted by Gasteiger charge is 2.29. The maximum atomic E-state index is 12.9. The van der Waals surface area contributed by atoms with Crippen molar-refractivity contribution in [3.05, 3.63) is 46.9 Å². The molecule has 144 valence electrons. The van der Waals surface area contributed by atoms with Gasteiger partial charge in [-0.05, 0) is 47.9 Å². The molecule has 1 aliphatic heterocycles. The van der Waals surface area contributed by atoms with E-state index in [9.17, 15) is 4.79 Å². The van der Waals surface area contributed by atoms with Gasteiger partial charge in [-0.1, -0.05) is 5.10 Å². The van der Waals surface area contributed by atoms with Gasteiger partial charge in [-0.25, -0.2) is 9.67 Å². The minimum atomic E-state index is -0.255. The molecule has 9 nitrogen and oxygen atoms in total. The highest BCUT2D eigenvalue weighted by Crippen LogP contribution is 2.43. The van der Waals surface area contributed by atoms with Crippen LogP contribution < -0.4 is 10.1 Å². The second-order valence-corrected chi connectivity index (χ2v) is 7.58. The molecule has 0 fully saturated rings. The molecule has 0 saturated heterocycles. The number of carbonyl (C=O) groups is 1. The first-order valence-corrected chi connectivity index (χ1v) is 9.76. The zero-order valence-electron chi connectivity index (χ0n) is 15.7. The molecule has 1 aliphatic rings. The monoisotopic (exact) mass is 397 g/mol. The topological polar surface area (TPSA) is 108 Å². The lowest BCUT2D eigenvalue weighted by Crippen LogP contribution is -2.21. The van der Waals surface area contributed by atoms with Gasteiger partial charge in [-0.2, -0.15) is 0 Å². The second kappa shape index (κ2) is 7.55. The van der Waals surface area contributed by atoms with Crippen LogP contribution in [-0.4, -0.2) is 41.8 Å². The first kappa shape index (κ1) is 18.4. The van der Waals surface area contributed by atoms with E-state index in [1.807, 2.05) is 19.9 Å². The summed E-state index contributed by atoms with van der Waals surface area (Å²) < 4.78 is 7.53. The van der Waals surface area contributed by atoms with Crippen LogP contribution in [0.4, 0.5) is 5.95 Å². The third kappa shape index (κ3) is 3.42. The minimum absolute atomic E-state index is 0.184. The van der Waals surface area contributed by atoms with Crippen molar-refractivity contribution in [1.82, 2.24) is 30.2 Å². The zero-order chi connectivity index (χ0) is 19.7. The van der Waals surface area contributed by atoms with Gasteiger partial charge < -0.3 is 4.74 Å². The molecule has 1 unspecified atom stereocenters. The smallest absolute Gasteiger partial charge is 0.258 e. The first-order valence-electron chi connectivity index (χ1n) is 8.78. The van der Waals surface area contributed by atoms with Crippen molar-refractivity contribution < 1.29 is 9.53 Å². The van der Waals surface area contributed by atoms with Crippen molar-refractivity contribution in [3.63, 3.8) is 0 Å². The van der Waals surface area contributed by atoms with Gasteiger partial charge in [0.25, 0.3) is 5.91 Å². The number of rotatable bonds is 4. The van der Waals surface area contributed by atoms with Crippen LogP contribution in [0.5, 0.6) is 5.88 Å². The van der Waals surface area contributed by atoms with Crippen LogP contribution in [0.1, 0.15) is 39.6 Å². The maximum Gasteiger partial charge on any atom is 0.258 e. The van der Waals surface area contributed by atoms with Gasteiger partial charge in [-0.15, -0.1) is 11.8 Å². The molecule has 28 heavy (non-hydrogen) atoms. The molecule has 0 saturated carbocycles. The Balaban J connectivity index is 1.71. The molecule has 0 radical (unpaired) electrons. The van der Waals surface area contributed by atoms with E-state index in [0.717, 1.165) is 33.8 Å². The summed E-state index contributed by atoms with van der Waals surface area (Å²) in [5, 5.41) is 13.9. The Kier molecular flexibility index (Phi) is 4.95. The first-order chi connectivity index (χ1) is 13.5. The Bertz CT molecular complexity index is 1020. The van der Waals surface area contributed by atoms with Crippen molar-refractivity contribution in [1.29, 1.82) is 0 Å². The number of benzene rings is 1. The average Bonchev–Trinajstić information content (AvgIpc) is 3.10. The average molecular weight is 397 g/mol. The molecule has 1 aromatic carbocycles. The summed E-state index contributed by atoms with van der Waals surface area (Å²) in [7, 11) is 1.67. The van der Waals surface area contributed by atoms with E-state index < -0.39 is 0 Å². The number of carbonyl (C=O) groups excluding carboxylic acids is 1. The number of hydrogen-bond acceptors (Lipinski definition) is 8. The van der Waals surface area contributed by atoms with Crippen LogP contribution in [0.3, 0.4) is 0 Å². The predicted molar refractivity (Wildman–Crippen MR) is 103 cm³/mol. The Morgan fingerprint density at radius 1 is 1.36 bits per heavy atom. The number of thioether (sulfide) groups is 1. The maximum absolute atomic E-state index is 12.9. The highest BCUT2D eigenvalue weighted by molar-refractivity contribution is 7.99. The number of fused-ring (bicyclic) bond motifs is 1. The van der Waals surface area contributed by atoms with Gasteiger partial charge in [0.05, 0.1) is 6.20 Å². The molecule has 3 aromatic rings. The Hall–Kier alpha value is -3.01. The molecule has 1 atom stereocenters. The quantitative estimate of drug-likeness (QED) is 0.715. The Morgan fingerprint density at radius 2 is 2.21 bits per heavy atom. The number of anilines is 1. The van der Waals surface area contributed by atoms with Crippen LogP contribution in [-0.2, 0) is 7.05 Å². The fourth-order valence-electron chi connectivity index (χ4n) is 3.26. The lowest BCUT2D eigenvalue weighted by molar-refractivity contribution is 0.102. The molecule has 0 aliphatic carbocycles. The van der Waals surface area contributed by atoms with Gasteiger partial charge in [-0.3, -0.25) is 15.1 Å². The van der Waals surface area contributed by atoms with Crippen molar-refractivity contribution >= 4 is 23.6 Å². The van der Waals surface area contributed by atoms with Crippen LogP contribution in [0.15, 0.2) is 29.6 Å². The van der Waals surface area contributed by atoms with Crippen molar-refractivity contribution in [2.24, 2.45) is 7.05 Å². The second-order valence-electron chi connectivity index (χ2n) is 6.48. The summed E-state index contributed by atoms with van der Waals surface area (Å²) >= 11 is 1.79. The third-order valence-electron chi connectivity index (χ3n) is 4.61. The zero-order valence-corrected chi connectivity index (χ0v) is 16.5. The van der Waals surface area contributed by atoms with Crippen LogP contribution in [0, 0.1) is 13.8 Å². The highest BCUT2D eigenvalue weighted by atomic mass is 32.2. The number of aryl methyl sites for hydroxylation is 2. The van der Waals surface area contributed by atoms with E-state index in [2.05, 4.69) is 30.8 Å². The molecule has 2 aromatic heterocycles. The van der Waals surface area contributed by atoms with Crippen LogP contribution >= 0.6 is 11.8 Å². The molecule has 1 amide bonds. The van der Waals surface area contributed by atoms with E-state index in [0.29, 0.717) is 17.4 Å². The molecular weight excluding hydrogens is 378 g/mol. The number of hydrogen-bond donors (Lipinski definition) is 1. The van der Waals surface area contributed by atoms with E-state index in [4.69, 9.17) is 4.74 Å². The van der Waals surface area contributed by atoms with Gasteiger partial charge >= 0.3 is 0 Å². The molecular formula is C18H19N7O2S. The van der Waals surface area contributed by atoms with E-state index in [1.54, 1.807) is 37.4 Å². The van der Waals surface area contributed by atoms with Crippen molar-refractivity contribution in [2.75, 3.05) is 11.1 Å². The largest absolute Gasteiger partial charge is 0.468 e. The summed E-state index contributed by atoms with van der Waals surface area (Å²) in [5.74, 6) is 1.45. The SMILES string of the molecule is Cc1cc(C(=O)Nc2nnnn2C)c(C)c2c1SCCC2Oc1cnccn1. The summed E-state index contributed by atoms with van der Waals surface area (Å²) in [4.78, 5) is 22.3. The van der Waals surface area contributed by atoms with E-state index in [1.165, 1.54) is 4.68 Å². The summed E-state index contributed by atoms with van der Waals surface area (Å²) in [6.45, 7) is 3.96. The van der Waals surface area contributed by atoms with Crippen molar-refractivity contribution in [2.45, 2.75) is 31.3 Å². The number of amides is 1. The predicted octanol–water partition coefficient (Wildman–Crippen LogP) is 2.49. The van der Waals surface area contributed by atoms with Gasteiger partial charge in [0, 0.05) is 41.2 Å². The number of nitrogens with zero attached hydrogens (tertiary/aromatic N) is 6. The summed E-state index contributed by atoms with van der Waals surface area (Å²) in [6.07, 6.45) is 5.45. The summed E-state index contributed by atoms with van der Waals surface area (Å²) in [5.41, 5.74) is 3.53. The number of nitrogens with one attached hydrogen (secondary N) is 1. The molecule has 0 spiro atoms. The Labute approximate surface area is 165 Å². The van der Waals surface area contributed by atoms with Gasteiger partial charge in [0.1, 0.15) is 6.10 Å². The standard InChI is InChI=1S/C18H19N7O2S/c1-10-8-12(17(26)21-18-22-23-24-25(18)3)11(2)15-13(4-7-28-16(10)15)27-14-9-19-5-6-20-14/h5-6,8-9,13H,4,7H2,1-3H3,(H,21,22,24,26). The lowest BCUT2D eigenvalue weighted by atomic mass is 9.93. The van der Waals surface area contributed by atoms with Gasteiger partial charge in [0.15, 0.2) is 0 Å². The van der Waals surface area contributed by atoms with Crippen molar-refractivity contribution in [3.8, 4) is 5.88 Å². The third-order valence-corrected chi connectivity index (χ3v) is 5.88. The molecule has 10 heteroatoms. The molecule has 1 N–H and O–H groups in total. The van der Waals surface area contributed by atoms with E-state index in [-0.39, 0.29) is 12.0 Å². The minimum Gasteiger partial charge on any atom is -0.468 e. The lowest BCUT2D eigenvalue weighted by Gasteiger charge is -2.29. The van der Waals surface area contributed by atoms with E-state index >= 15 is 0 Å². The molecule has 4 rings (SSSR count). The fourth-order valence-corrected chi connectivity index (χ4v) is 4.52. The molecule has 0 bridgehead atoms.